The Bertz CT molecular complexity index is 793. The van der Waals surface area contributed by atoms with Gasteiger partial charge in [-0.25, -0.2) is 9.97 Å². The number of aryl methyl sites for hydroxylation is 2. The molecule has 1 unspecified atom stereocenters. The molecule has 2 aromatic rings. The standard InChI is InChI=1S/C20H30N6OS.HI/c1-14-13-26(9-10-27-14)18-11-17(5-7-22-18)12-24-20(21-4)23-8-6-19-25-15(2)16(3)28-19;/h5,7,11,14H,6,8-10,12-13H2,1-4H3,(H2,21,23,24);1H. The number of rotatable bonds is 6. The van der Waals surface area contributed by atoms with Gasteiger partial charge in [-0.1, -0.05) is 0 Å². The zero-order valence-corrected chi connectivity index (χ0v) is 20.7. The summed E-state index contributed by atoms with van der Waals surface area (Å²) in [5.41, 5.74) is 2.31. The zero-order chi connectivity index (χ0) is 19.9. The number of anilines is 1. The van der Waals surface area contributed by atoms with Crippen LogP contribution < -0.4 is 15.5 Å². The molecular weight excluding hydrogens is 499 g/mol. The van der Waals surface area contributed by atoms with Crippen molar-refractivity contribution in [3.8, 4) is 0 Å². The highest BCUT2D eigenvalue weighted by Gasteiger charge is 2.18. The van der Waals surface area contributed by atoms with Crippen molar-refractivity contribution >= 4 is 47.1 Å². The Morgan fingerprint density at radius 3 is 2.90 bits per heavy atom. The van der Waals surface area contributed by atoms with E-state index >= 15 is 0 Å². The number of thiazole rings is 1. The Hall–Kier alpha value is -1.46. The average Bonchev–Trinajstić information content (AvgIpc) is 3.02. The van der Waals surface area contributed by atoms with Gasteiger partial charge in [-0.05, 0) is 38.5 Å². The highest BCUT2D eigenvalue weighted by molar-refractivity contribution is 14.0. The minimum Gasteiger partial charge on any atom is -0.375 e. The first-order chi connectivity index (χ1) is 13.5. The summed E-state index contributed by atoms with van der Waals surface area (Å²) < 4.78 is 5.62. The second-order valence-corrected chi connectivity index (χ2v) is 8.29. The lowest BCUT2D eigenvalue weighted by Crippen LogP contribution is -2.41. The van der Waals surface area contributed by atoms with Gasteiger partial charge in [0.25, 0.3) is 0 Å². The van der Waals surface area contributed by atoms with Crippen molar-refractivity contribution in [3.63, 3.8) is 0 Å². The van der Waals surface area contributed by atoms with Gasteiger partial charge in [-0.15, -0.1) is 35.3 Å². The van der Waals surface area contributed by atoms with Crippen molar-refractivity contribution < 1.29 is 4.74 Å². The van der Waals surface area contributed by atoms with E-state index in [0.717, 1.165) is 55.1 Å². The van der Waals surface area contributed by atoms with E-state index in [4.69, 9.17) is 4.74 Å². The van der Waals surface area contributed by atoms with Crippen LogP contribution in [0.4, 0.5) is 5.82 Å². The minimum atomic E-state index is 0. The van der Waals surface area contributed by atoms with E-state index in [-0.39, 0.29) is 30.1 Å². The quantitative estimate of drug-likeness (QED) is 0.340. The molecule has 0 aliphatic carbocycles. The van der Waals surface area contributed by atoms with Gasteiger partial charge in [0.15, 0.2) is 5.96 Å². The summed E-state index contributed by atoms with van der Waals surface area (Å²) >= 11 is 1.77. The molecule has 1 aliphatic heterocycles. The monoisotopic (exact) mass is 530 g/mol. The molecule has 0 saturated carbocycles. The molecule has 7 nitrogen and oxygen atoms in total. The van der Waals surface area contributed by atoms with Gasteiger partial charge in [-0.2, -0.15) is 0 Å². The van der Waals surface area contributed by atoms with Crippen molar-refractivity contribution in [2.24, 2.45) is 4.99 Å². The smallest absolute Gasteiger partial charge is 0.191 e. The molecule has 3 rings (SSSR count). The molecule has 9 heteroatoms. The SMILES string of the molecule is CN=C(NCCc1nc(C)c(C)s1)NCc1ccnc(N2CCOC(C)C2)c1.I. The predicted octanol–water partition coefficient (Wildman–Crippen LogP) is 2.91. The van der Waals surface area contributed by atoms with E-state index in [1.54, 1.807) is 18.4 Å². The van der Waals surface area contributed by atoms with Crippen molar-refractivity contribution in [1.29, 1.82) is 0 Å². The lowest BCUT2D eigenvalue weighted by molar-refractivity contribution is 0.0529. The number of aromatic nitrogens is 2. The molecule has 2 N–H and O–H groups in total. The lowest BCUT2D eigenvalue weighted by atomic mass is 10.2. The number of halogens is 1. The molecule has 0 bridgehead atoms. The Morgan fingerprint density at radius 2 is 2.21 bits per heavy atom. The number of nitrogens with one attached hydrogen (secondary N) is 2. The number of ether oxygens (including phenoxy) is 1. The highest BCUT2D eigenvalue weighted by Crippen LogP contribution is 2.17. The van der Waals surface area contributed by atoms with Crippen LogP contribution in [-0.4, -0.2) is 55.3 Å². The predicted molar refractivity (Wildman–Crippen MR) is 131 cm³/mol. The normalized spacial score (nSPS) is 17.0. The molecule has 0 aromatic carbocycles. The fourth-order valence-electron chi connectivity index (χ4n) is 3.11. The lowest BCUT2D eigenvalue weighted by Gasteiger charge is -2.32. The van der Waals surface area contributed by atoms with E-state index < -0.39 is 0 Å². The van der Waals surface area contributed by atoms with Gasteiger partial charge in [-0.3, -0.25) is 4.99 Å². The first-order valence-corrected chi connectivity index (χ1v) is 10.6. The van der Waals surface area contributed by atoms with Gasteiger partial charge in [0, 0.05) is 50.7 Å². The summed E-state index contributed by atoms with van der Waals surface area (Å²) in [4.78, 5) is 17.0. The van der Waals surface area contributed by atoms with Crippen molar-refractivity contribution in [2.45, 2.75) is 39.8 Å². The maximum Gasteiger partial charge on any atom is 0.191 e. The van der Waals surface area contributed by atoms with Crippen LogP contribution in [0.1, 0.15) is 28.1 Å². The van der Waals surface area contributed by atoms with E-state index in [1.807, 2.05) is 12.3 Å². The number of hydrogen-bond acceptors (Lipinski definition) is 6. The van der Waals surface area contributed by atoms with Crippen LogP contribution in [-0.2, 0) is 17.7 Å². The van der Waals surface area contributed by atoms with Crippen LogP contribution in [0, 0.1) is 13.8 Å². The molecule has 1 aliphatic rings. The second kappa shape index (κ2) is 11.7. The second-order valence-electron chi connectivity index (χ2n) is 7.00. The summed E-state index contributed by atoms with van der Waals surface area (Å²) in [6.45, 7) is 10.3. The fourth-order valence-corrected chi connectivity index (χ4v) is 4.04. The maximum atomic E-state index is 5.62. The maximum absolute atomic E-state index is 5.62. The van der Waals surface area contributed by atoms with Gasteiger partial charge >= 0.3 is 0 Å². The summed E-state index contributed by atoms with van der Waals surface area (Å²) in [7, 11) is 1.79. The average molecular weight is 530 g/mol. The highest BCUT2D eigenvalue weighted by atomic mass is 127. The van der Waals surface area contributed by atoms with Crippen molar-refractivity contribution in [1.82, 2.24) is 20.6 Å². The van der Waals surface area contributed by atoms with Crippen LogP contribution in [0.5, 0.6) is 0 Å². The number of hydrogen-bond donors (Lipinski definition) is 2. The number of aliphatic imine (C=N–C) groups is 1. The van der Waals surface area contributed by atoms with E-state index in [2.05, 4.69) is 57.3 Å². The molecule has 1 fully saturated rings. The van der Waals surface area contributed by atoms with Gasteiger partial charge in [0.1, 0.15) is 5.82 Å². The van der Waals surface area contributed by atoms with Crippen molar-refractivity contribution in [3.05, 3.63) is 39.5 Å². The first kappa shape index (κ1) is 23.8. The molecule has 1 saturated heterocycles. The van der Waals surface area contributed by atoms with E-state index in [1.165, 1.54) is 10.4 Å². The van der Waals surface area contributed by atoms with Crippen LogP contribution in [0.2, 0.25) is 0 Å². The first-order valence-electron chi connectivity index (χ1n) is 9.74. The molecule has 0 amide bonds. The minimum absolute atomic E-state index is 0. The number of guanidine groups is 1. The largest absolute Gasteiger partial charge is 0.375 e. The van der Waals surface area contributed by atoms with Crippen LogP contribution >= 0.6 is 35.3 Å². The summed E-state index contributed by atoms with van der Waals surface area (Å²) in [5, 5.41) is 7.91. The third-order valence-corrected chi connectivity index (χ3v) is 5.90. The molecule has 3 heterocycles. The number of morpholine rings is 1. The molecule has 0 radical (unpaired) electrons. The number of pyridine rings is 1. The van der Waals surface area contributed by atoms with Gasteiger partial charge in [0.2, 0.25) is 0 Å². The third-order valence-electron chi connectivity index (χ3n) is 4.76. The fraction of sp³-hybridized carbons (Fsp3) is 0.550. The van der Waals surface area contributed by atoms with E-state index in [0.29, 0.717) is 6.54 Å². The van der Waals surface area contributed by atoms with Gasteiger partial charge in [0.05, 0.1) is 23.4 Å². The molecule has 0 spiro atoms. The van der Waals surface area contributed by atoms with Crippen LogP contribution in [0.15, 0.2) is 23.3 Å². The molecule has 160 valence electrons. The third kappa shape index (κ3) is 7.07. The van der Waals surface area contributed by atoms with Crippen LogP contribution in [0.3, 0.4) is 0 Å². The topological polar surface area (TPSA) is 74.7 Å². The van der Waals surface area contributed by atoms with Crippen molar-refractivity contribution in [2.75, 3.05) is 38.2 Å². The van der Waals surface area contributed by atoms with Crippen LogP contribution in [0.25, 0.3) is 0 Å². The Kier molecular flexibility index (Phi) is 9.57. The van der Waals surface area contributed by atoms with E-state index in [9.17, 15) is 0 Å². The molecule has 1 atom stereocenters. The Morgan fingerprint density at radius 1 is 1.38 bits per heavy atom. The Balaban J connectivity index is 0.00000300. The molecule has 29 heavy (non-hydrogen) atoms. The molecular formula is C20H31IN6OS. The zero-order valence-electron chi connectivity index (χ0n) is 17.6. The van der Waals surface area contributed by atoms with Gasteiger partial charge < -0.3 is 20.3 Å². The summed E-state index contributed by atoms with van der Waals surface area (Å²) in [6, 6.07) is 4.17. The Labute approximate surface area is 194 Å². The summed E-state index contributed by atoms with van der Waals surface area (Å²) in [6.07, 6.45) is 3.01. The number of nitrogens with zero attached hydrogens (tertiary/aromatic N) is 4. The summed E-state index contributed by atoms with van der Waals surface area (Å²) in [5.74, 6) is 1.80. The molecule has 2 aromatic heterocycles.